The summed E-state index contributed by atoms with van der Waals surface area (Å²) in [6.45, 7) is 2.29. The molecule has 5 fully saturated rings. The first-order chi connectivity index (χ1) is 15.9. The van der Waals surface area contributed by atoms with E-state index in [1.165, 1.54) is 19.3 Å². The highest BCUT2D eigenvalue weighted by Gasteiger charge is 2.57. The number of ether oxygens (including phenoxy) is 1. The number of likely N-dealkylation sites (N-methyl/N-ethyl adjacent to an activating group) is 1. The third-order valence-electron chi connectivity index (χ3n) is 8.87. The van der Waals surface area contributed by atoms with Gasteiger partial charge in [0.15, 0.2) is 6.61 Å². The fourth-order valence-electron chi connectivity index (χ4n) is 7.43. The van der Waals surface area contributed by atoms with Crippen LogP contribution in [0.5, 0.6) is 0 Å². The molecule has 1 aromatic carbocycles. The van der Waals surface area contributed by atoms with Crippen molar-refractivity contribution >= 4 is 17.8 Å². The number of amides is 2. The number of hydrogen-bond acceptors (Lipinski definition) is 4. The molecule has 0 aromatic heterocycles. The maximum Gasteiger partial charge on any atom is 0.329 e. The first-order valence-electron chi connectivity index (χ1n) is 12.6. The van der Waals surface area contributed by atoms with Crippen molar-refractivity contribution in [2.24, 2.45) is 23.2 Å². The standard InChI is InChI=1S/C27H36N2O4/c1-18(22-7-4-3-5-8-22)28(2)24(30)17-33-25(31)23-9-6-10-29(23)26(32)27-14-19-11-20(15-27)13-21(12-19)16-27/h3-5,7-8,18-21,23H,6,9-17H2,1-2H3. The summed E-state index contributed by atoms with van der Waals surface area (Å²) in [4.78, 5) is 42.8. The van der Waals surface area contributed by atoms with Gasteiger partial charge in [0, 0.05) is 13.6 Å². The van der Waals surface area contributed by atoms with E-state index in [9.17, 15) is 14.4 Å². The molecular formula is C27H36N2O4. The Hall–Kier alpha value is -2.37. The van der Waals surface area contributed by atoms with Crippen molar-refractivity contribution < 1.29 is 19.1 Å². The van der Waals surface area contributed by atoms with Crippen molar-refractivity contribution in [3.05, 3.63) is 35.9 Å². The molecule has 2 unspecified atom stereocenters. The lowest BCUT2D eigenvalue weighted by molar-refractivity contribution is -0.166. The van der Waals surface area contributed by atoms with Crippen LogP contribution in [-0.2, 0) is 19.1 Å². The normalized spacial score (nSPS) is 33.1. The van der Waals surface area contributed by atoms with Gasteiger partial charge in [0.05, 0.1) is 11.5 Å². The fourth-order valence-corrected chi connectivity index (χ4v) is 7.43. The second-order valence-electron chi connectivity index (χ2n) is 11.1. The van der Waals surface area contributed by atoms with E-state index in [-0.39, 0.29) is 29.9 Å². The molecule has 6 heteroatoms. The van der Waals surface area contributed by atoms with Gasteiger partial charge in [-0.3, -0.25) is 9.59 Å². The molecule has 4 aliphatic carbocycles. The van der Waals surface area contributed by atoms with Gasteiger partial charge in [0.25, 0.3) is 5.91 Å². The molecule has 6 rings (SSSR count). The number of nitrogens with zero attached hydrogens (tertiary/aromatic N) is 2. The van der Waals surface area contributed by atoms with Gasteiger partial charge >= 0.3 is 5.97 Å². The topological polar surface area (TPSA) is 66.9 Å². The highest BCUT2D eigenvalue weighted by molar-refractivity contribution is 5.90. The minimum Gasteiger partial charge on any atom is -0.454 e. The van der Waals surface area contributed by atoms with Crippen molar-refractivity contribution in [3.8, 4) is 0 Å². The highest BCUT2D eigenvalue weighted by atomic mass is 16.5. The number of benzene rings is 1. The SMILES string of the molecule is CC(c1ccccc1)N(C)C(=O)COC(=O)C1CCCN1C(=O)C12CC3CC(CC(C3)C1)C2. The average Bonchev–Trinajstić information content (AvgIpc) is 3.30. The van der Waals surface area contributed by atoms with E-state index in [4.69, 9.17) is 4.74 Å². The Bertz CT molecular complexity index is 879. The number of rotatable bonds is 6. The van der Waals surface area contributed by atoms with Gasteiger partial charge in [-0.1, -0.05) is 30.3 Å². The largest absolute Gasteiger partial charge is 0.454 e. The van der Waals surface area contributed by atoms with Gasteiger partial charge in [0.1, 0.15) is 6.04 Å². The molecule has 4 bridgehead atoms. The van der Waals surface area contributed by atoms with Crippen LogP contribution in [0, 0.1) is 23.2 Å². The van der Waals surface area contributed by atoms with Gasteiger partial charge in [-0.25, -0.2) is 4.79 Å². The van der Waals surface area contributed by atoms with Crippen LogP contribution in [0.2, 0.25) is 0 Å². The molecule has 0 radical (unpaired) electrons. The van der Waals surface area contributed by atoms with E-state index in [1.54, 1.807) is 16.8 Å². The molecular weight excluding hydrogens is 416 g/mol. The van der Waals surface area contributed by atoms with E-state index < -0.39 is 12.0 Å². The highest BCUT2D eigenvalue weighted by Crippen LogP contribution is 2.60. The zero-order valence-corrected chi connectivity index (χ0v) is 19.9. The maximum atomic E-state index is 13.7. The molecule has 2 amide bonds. The van der Waals surface area contributed by atoms with Gasteiger partial charge in [-0.2, -0.15) is 0 Å². The molecule has 5 aliphatic rings. The van der Waals surface area contributed by atoms with Crippen LogP contribution >= 0.6 is 0 Å². The average molecular weight is 453 g/mol. The molecule has 0 N–H and O–H groups in total. The second-order valence-corrected chi connectivity index (χ2v) is 11.1. The fraction of sp³-hybridized carbons (Fsp3) is 0.667. The first kappa shape index (κ1) is 22.4. The van der Waals surface area contributed by atoms with Crippen LogP contribution < -0.4 is 0 Å². The Kier molecular flexibility index (Phi) is 5.96. The van der Waals surface area contributed by atoms with Gasteiger partial charge in [-0.05, 0) is 81.6 Å². The summed E-state index contributed by atoms with van der Waals surface area (Å²) in [7, 11) is 1.73. The molecule has 1 heterocycles. The number of esters is 1. The molecule has 1 aromatic rings. The molecule has 1 aliphatic heterocycles. The number of likely N-dealkylation sites (tertiary alicyclic amines) is 1. The van der Waals surface area contributed by atoms with Crippen molar-refractivity contribution in [1.82, 2.24) is 9.80 Å². The summed E-state index contributed by atoms with van der Waals surface area (Å²) in [6.07, 6.45) is 8.29. The summed E-state index contributed by atoms with van der Waals surface area (Å²) in [6, 6.07) is 9.13. The van der Waals surface area contributed by atoms with Crippen molar-refractivity contribution in [3.63, 3.8) is 0 Å². The van der Waals surface area contributed by atoms with E-state index in [0.717, 1.165) is 31.2 Å². The van der Waals surface area contributed by atoms with Crippen molar-refractivity contribution in [1.29, 1.82) is 0 Å². The number of hydrogen-bond donors (Lipinski definition) is 0. The molecule has 4 saturated carbocycles. The summed E-state index contributed by atoms with van der Waals surface area (Å²) >= 11 is 0. The second kappa shape index (κ2) is 8.77. The predicted molar refractivity (Wildman–Crippen MR) is 124 cm³/mol. The predicted octanol–water partition coefficient (Wildman–Crippen LogP) is 3.96. The Morgan fingerprint density at radius 2 is 1.67 bits per heavy atom. The zero-order chi connectivity index (χ0) is 23.2. The van der Waals surface area contributed by atoms with Crippen LogP contribution in [0.4, 0.5) is 0 Å². The Morgan fingerprint density at radius 3 is 2.27 bits per heavy atom. The van der Waals surface area contributed by atoms with Crippen LogP contribution in [0.25, 0.3) is 0 Å². The summed E-state index contributed by atoms with van der Waals surface area (Å²) in [5.74, 6) is 1.58. The minimum absolute atomic E-state index is 0.113. The molecule has 178 valence electrons. The minimum atomic E-state index is -0.546. The van der Waals surface area contributed by atoms with Crippen LogP contribution in [0.3, 0.4) is 0 Å². The van der Waals surface area contributed by atoms with E-state index in [0.29, 0.717) is 30.7 Å². The molecule has 1 saturated heterocycles. The summed E-state index contributed by atoms with van der Waals surface area (Å²) in [5, 5.41) is 0. The van der Waals surface area contributed by atoms with Crippen molar-refractivity contribution in [2.45, 2.75) is 70.4 Å². The summed E-state index contributed by atoms with van der Waals surface area (Å²) < 4.78 is 5.47. The lowest BCUT2D eigenvalue weighted by atomic mass is 9.49. The van der Waals surface area contributed by atoms with Crippen LogP contribution in [0.1, 0.15) is 69.9 Å². The quantitative estimate of drug-likeness (QED) is 0.613. The van der Waals surface area contributed by atoms with Crippen LogP contribution in [0.15, 0.2) is 30.3 Å². The molecule has 33 heavy (non-hydrogen) atoms. The molecule has 6 nitrogen and oxygen atoms in total. The van der Waals surface area contributed by atoms with Gasteiger partial charge < -0.3 is 14.5 Å². The van der Waals surface area contributed by atoms with Gasteiger partial charge in [-0.15, -0.1) is 0 Å². The smallest absolute Gasteiger partial charge is 0.329 e. The maximum absolute atomic E-state index is 13.7. The zero-order valence-electron chi connectivity index (χ0n) is 19.9. The Morgan fingerprint density at radius 1 is 1.06 bits per heavy atom. The van der Waals surface area contributed by atoms with E-state index in [2.05, 4.69) is 0 Å². The number of carbonyl (C=O) groups is 3. The lowest BCUT2D eigenvalue weighted by Crippen LogP contribution is -2.56. The molecule has 0 spiro atoms. The number of carbonyl (C=O) groups excluding carboxylic acids is 3. The van der Waals surface area contributed by atoms with E-state index in [1.807, 2.05) is 37.3 Å². The third-order valence-corrected chi connectivity index (χ3v) is 8.87. The summed E-state index contributed by atoms with van der Waals surface area (Å²) in [5.41, 5.74) is 0.779. The molecule has 2 atom stereocenters. The van der Waals surface area contributed by atoms with Crippen LogP contribution in [-0.4, -0.2) is 53.8 Å². The van der Waals surface area contributed by atoms with Crippen molar-refractivity contribution in [2.75, 3.05) is 20.2 Å². The van der Waals surface area contributed by atoms with Gasteiger partial charge in [0.2, 0.25) is 5.91 Å². The third kappa shape index (κ3) is 4.17. The van der Waals surface area contributed by atoms with E-state index >= 15 is 0 Å². The Balaban J connectivity index is 1.19. The first-order valence-corrected chi connectivity index (χ1v) is 12.6. The monoisotopic (exact) mass is 452 g/mol. The lowest BCUT2D eigenvalue weighted by Gasteiger charge is -2.56. The Labute approximate surface area is 196 Å².